The van der Waals surface area contributed by atoms with Crippen molar-refractivity contribution in [2.45, 2.75) is 51.6 Å². The van der Waals surface area contributed by atoms with Gasteiger partial charge >= 0.3 is 5.97 Å². The number of anilines is 4. The maximum atomic E-state index is 13.1. The van der Waals surface area contributed by atoms with Gasteiger partial charge in [-0.15, -0.1) is 22.7 Å². The summed E-state index contributed by atoms with van der Waals surface area (Å²) < 4.78 is 0. The predicted molar refractivity (Wildman–Crippen MR) is 225 cm³/mol. The molecule has 17 heteroatoms. The molecule has 0 aromatic carbocycles. The summed E-state index contributed by atoms with van der Waals surface area (Å²) in [5.74, 6) is 0.926. The van der Waals surface area contributed by atoms with Crippen LogP contribution in [0.4, 0.5) is 23.0 Å². The first-order valence-corrected chi connectivity index (χ1v) is 21.2. The molecule has 11 rings (SSSR count). The zero-order valence-electron chi connectivity index (χ0n) is 31.8. The summed E-state index contributed by atoms with van der Waals surface area (Å²) in [5.41, 5.74) is 8.30. The average molecular weight is 813 g/mol. The number of fused-ring (bicyclic) bond motifs is 8. The van der Waals surface area contributed by atoms with Gasteiger partial charge in [-0.3, -0.25) is 29.5 Å². The second-order valence-electron chi connectivity index (χ2n) is 15.4. The Balaban J connectivity index is 0.000000144. The van der Waals surface area contributed by atoms with Gasteiger partial charge in [-0.1, -0.05) is 0 Å². The minimum Gasteiger partial charge on any atom is -0.481 e. The number of pyridine rings is 2. The van der Waals surface area contributed by atoms with Crippen LogP contribution in [-0.2, 0) is 48.4 Å². The zero-order chi connectivity index (χ0) is 39.3. The monoisotopic (exact) mass is 812 g/mol. The van der Waals surface area contributed by atoms with Gasteiger partial charge in [0.2, 0.25) is 5.91 Å². The van der Waals surface area contributed by atoms with Crippen molar-refractivity contribution < 1.29 is 14.7 Å². The number of aliphatic imine (C=N–C) groups is 2. The number of hydrogen-bond donors (Lipinski definition) is 3. The molecule has 15 nitrogen and oxygen atoms in total. The van der Waals surface area contributed by atoms with Crippen LogP contribution in [0.1, 0.15) is 56.2 Å². The van der Waals surface area contributed by atoms with Crippen molar-refractivity contribution in [2.75, 3.05) is 43.9 Å². The summed E-state index contributed by atoms with van der Waals surface area (Å²) >= 11 is 3.28. The second kappa shape index (κ2) is 15.2. The quantitative estimate of drug-likeness (QED) is 0.190. The van der Waals surface area contributed by atoms with Crippen LogP contribution in [0.2, 0.25) is 0 Å². The van der Waals surface area contributed by atoms with Gasteiger partial charge in [-0.05, 0) is 68.8 Å². The number of nitrogens with one attached hydrogen (secondary N) is 2. The van der Waals surface area contributed by atoms with E-state index >= 15 is 0 Å². The fraction of sp³-hybridized carbons (Fsp3) is 0.366. The van der Waals surface area contributed by atoms with E-state index in [4.69, 9.17) is 0 Å². The molecule has 294 valence electrons. The third kappa shape index (κ3) is 6.96. The van der Waals surface area contributed by atoms with E-state index in [9.17, 15) is 14.7 Å². The molecule has 0 spiro atoms. The van der Waals surface area contributed by atoms with Crippen molar-refractivity contribution >= 4 is 90.4 Å². The maximum Gasteiger partial charge on any atom is 0.306 e. The van der Waals surface area contributed by atoms with E-state index in [1.54, 1.807) is 41.5 Å². The normalized spacial score (nSPS) is 19.3. The Hall–Kier alpha value is -5.78. The standard InChI is InChI=1S/C23H25N7OS.C18H15N5O2S/c1-29-4-6-30(7-5-29)23(31)14-2-3-17-19(9-14)32-22-20(17)21(26-13-27-22)28-16-8-15-10-24-12-18(15)25-11-16;24-18(25)9-1-2-12-14(4-9)26-17-15(12)16(21-8-22-17)23-11-3-10-5-19-7-13(10)20-6-11/h8,10-11,13-14H,2-7,9,12H2,1H3,(H,26,27,28);3,5-6,8-9H,1-2,4,7H2,(H,24,25)(H,21,22,23)/t14-;9-/m00/s1. The van der Waals surface area contributed by atoms with Crippen molar-refractivity contribution in [1.82, 2.24) is 39.7 Å². The van der Waals surface area contributed by atoms with Gasteiger partial charge in [0.05, 0.1) is 64.9 Å². The van der Waals surface area contributed by atoms with Crippen molar-refractivity contribution in [3.8, 4) is 0 Å². The lowest BCUT2D eigenvalue weighted by molar-refractivity contribution is -0.142. The molecule has 0 saturated carbocycles. The number of aryl methyl sites for hydroxylation is 2. The third-order valence-electron chi connectivity index (χ3n) is 11.7. The third-order valence-corrected chi connectivity index (χ3v) is 14.0. The van der Waals surface area contributed by atoms with Crippen LogP contribution in [0, 0.1) is 11.8 Å². The molecule has 2 atom stereocenters. The molecular formula is C41H40N12O3S2. The molecular weight excluding hydrogens is 773 g/mol. The SMILES string of the molecule is CN1CCN(C(=O)[C@H]2CCc3c(sc4ncnc(Nc5cnc6c(c5)C=NC6)c34)C2)CC1.O=C(O)[C@H]1CCc2c(sc3ncnc(Nc4cnc5c(c4)C=NC5)c23)C1. The van der Waals surface area contributed by atoms with E-state index in [2.05, 4.69) is 73.4 Å². The van der Waals surface area contributed by atoms with Crippen molar-refractivity contribution in [2.24, 2.45) is 21.8 Å². The summed E-state index contributed by atoms with van der Waals surface area (Å²) in [7, 11) is 2.12. The van der Waals surface area contributed by atoms with Gasteiger partial charge in [0.15, 0.2) is 0 Å². The van der Waals surface area contributed by atoms with Crippen molar-refractivity contribution in [3.05, 3.63) is 80.6 Å². The van der Waals surface area contributed by atoms with Gasteiger partial charge in [0.25, 0.3) is 0 Å². The number of carboxylic acid groups (broad SMARTS) is 1. The largest absolute Gasteiger partial charge is 0.481 e. The molecule has 1 saturated heterocycles. The van der Waals surface area contributed by atoms with Crippen LogP contribution in [-0.4, -0.2) is 102 Å². The first kappa shape index (κ1) is 36.6. The smallest absolute Gasteiger partial charge is 0.306 e. The molecule has 0 unspecified atom stereocenters. The average Bonchev–Trinajstić information content (AvgIpc) is 4.05. The maximum absolute atomic E-state index is 13.1. The molecule has 3 aliphatic heterocycles. The number of piperazine rings is 1. The van der Waals surface area contributed by atoms with Crippen LogP contribution in [0.3, 0.4) is 0 Å². The van der Waals surface area contributed by atoms with E-state index in [0.717, 1.165) is 123 Å². The molecule has 2 aliphatic carbocycles. The molecule has 0 bridgehead atoms. The summed E-state index contributed by atoms with van der Waals surface area (Å²) in [5, 5.41) is 18.2. The van der Waals surface area contributed by atoms with Crippen LogP contribution >= 0.6 is 22.7 Å². The van der Waals surface area contributed by atoms with Crippen LogP contribution < -0.4 is 10.6 Å². The molecule has 3 N–H and O–H groups in total. The summed E-state index contributed by atoms with van der Waals surface area (Å²) in [6.07, 6.45) is 15.0. The predicted octanol–water partition coefficient (Wildman–Crippen LogP) is 5.59. The number of carbonyl (C=O) groups excluding carboxylic acids is 1. The van der Waals surface area contributed by atoms with E-state index in [-0.39, 0.29) is 11.8 Å². The van der Waals surface area contributed by atoms with Gasteiger partial charge in [0, 0.05) is 65.4 Å². The Morgan fingerprint density at radius 3 is 1.76 bits per heavy atom. The number of carboxylic acids is 1. The lowest BCUT2D eigenvalue weighted by atomic mass is 9.86. The summed E-state index contributed by atoms with van der Waals surface area (Å²) in [4.78, 5) is 68.5. The first-order valence-electron chi connectivity index (χ1n) is 19.6. The summed E-state index contributed by atoms with van der Waals surface area (Å²) in [6.45, 7) is 4.88. The van der Waals surface area contributed by atoms with Crippen LogP contribution in [0.15, 0.2) is 47.2 Å². The second-order valence-corrected chi connectivity index (χ2v) is 17.5. The first-order chi connectivity index (χ1) is 28.3. The highest BCUT2D eigenvalue weighted by Gasteiger charge is 2.33. The van der Waals surface area contributed by atoms with Gasteiger partial charge < -0.3 is 25.5 Å². The van der Waals surface area contributed by atoms with Crippen molar-refractivity contribution in [1.29, 1.82) is 0 Å². The molecule has 58 heavy (non-hydrogen) atoms. The van der Waals surface area contributed by atoms with Crippen LogP contribution in [0.5, 0.6) is 0 Å². The Morgan fingerprint density at radius 1 is 0.707 bits per heavy atom. The fourth-order valence-electron chi connectivity index (χ4n) is 8.50. The highest BCUT2D eigenvalue weighted by Crippen LogP contribution is 2.42. The minimum absolute atomic E-state index is 0.0727. The Morgan fingerprint density at radius 2 is 1.22 bits per heavy atom. The fourth-order valence-corrected chi connectivity index (χ4v) is 11.0. The van der Waals surface area contributed by atoms with E-state index in [1.165, 1.54) is 16.0 Å². The Kier molecular flexibility index (Phi) is 9.57. The lowest BCUT2D eigenvalue weighted by Crippen LogP contribution is -2.49. The van der Waals surface area contributed by atoms with E-state index in [1.807, 2.05) is 24.7 Å². The zero-order valence-corrected chi connectivity index (χ0v) is 33.4. The van der Waals surface area contributed by atoms with E-state index < -0.39 is 5.97 Å². The number of amides is 1. The number of carbonyl (C=O) groups is 2. The van der Waals surface area contributed by atoms with Gasteiger partial charge in [-0.25, -0.2) is 19.9 Å². The number of likely N-dealkylation sites (N-methyl/N-ethyl adjacent to an activating group) is 1. The number of hydrogen-bond acceptors (Lipinski definition) is 15. The number of nitrogens with zero attached hydrogens (tertiary/aromatic N) is 10. The number of thiophene rings is 2. The highest BCUT2D eigenvalue weighted by molar-refractivity contribution is 7.19. The molecule has 1 amide bonds. The molecule has 0 radical (unpaired) electrons. The highest BCUT2D eigenvalue weighted by atomic mass is 32.1. The van der Waals surface area contributed by atoms with Crippen LogP contribution in [0.25, 0.3) is 20.4 Å². The molecule has 9 heterocycles. The van der Waals surface area contributed by atoms with Crippen molar-refractivity contribution in [3.63, 3.8) is 0 Å². The Bertz CT molecular complexity index is 2670. The number of aliphatic carboxylic acids is 1. The van der Waals surface area contributed by atoms with E-state index in [0.29, 0.717) is 31.8 Å². The minimum atomic E-state index is -0.719. The summed E-state index contributed by atoms with van der Waals surface area (Å²) in [6, 6.07) is 4.09. The number of aromatic nitrogens is 6. The molecule has 6 aromatic heterocycles. The lowest BCUT2D eigenvalue weighted by Gasteiger charge is -2.35. The topological polar surface area (TPSA) is 187 Å². The van der Waals surface area contributed by atoms with Gasteiger partial charge in [-0.2, -0.15) is 0 Å². The molecule has 6 aromatic rings. The Labute approximate surface area is 341 Å². The molecule has 5 aliphatic rings. The number of rotatable bonds is 6. The molecule has 1 fully saturated rings. The van der Waals surface area contributed by atoms with Gasteiger partial charge in [0.1, 0.15) is 34.0 Å².